The fourth-order valence-corrected chi connectivity index (χ4v) is 2.91. The van der Waals surface area contributed by atoms with Gasteiger partial charge in [0.05, 0.1) is 6.04 Å². The van der Waals surface area contributed by atoms with E-state index in [4.69, 9.17) is 9.47 Å². The molecule has 1 unspecified atom stereocenters. The maximum Gasteiger partial charge on any atom is 0.176 e. The minimum atomic E-state index is -0.225. The maximum atomic E-state index is 5.81. The largest absolute Gasteiger partial charge is 0.351 e. The van der Waals surface area contributed by atoms with Gasteiger partial charge in [0, 0.05) is 13.2 Å². The van der Waals surface area contributed by atoms with Crippen molar-refractivity contribution in [3.63, 3.8) is 0 Å². The monoisotopic (exact) mass is 291 g/mol. The number of hydrogen-bond donors (Lipinski definition) is 1. The molecule has 0 heterocycles. The second kappa shape index (κ2) is 8.52. The third-order valence-corrected chi connectivity index (χ3v) is 4.20. The molecule has 1 aromatic rings. The van der Waals surface area contributed by atoms with E-state index in [1.54, 1.807) is 0 Å². The number of nitrogens with one attached hydrogen (secondary N) is 1. The van der Waals surface area contributed by atoms with Crippen molar-refractivity contribution < 1.29 is 9.47 Å². The summed E-state index contributed by atoms with van der Waals surface area (Å²) < 4.78 is 11.6. The van der Waals surface area contributed by atoms with Gasteiger partial charge >= 0.3 is 0 Å². The van der Waals surface area contributed by atoms with E-state index in [-0.39, 0.29) is 12.3 Å². The molecule has 1 aliphatic carbocycles. The molecule has 0 bridgehead atoms. The zero-order chi connectivity index (χ0) is 15.1. The topological polar surface area (TPSA) is 30.5 Å². The molecule has 1 saturated carbocycles. The van der Waals surface area contributed by atoms with Gasteiger partial charge in [-0.2, -0.15) is 0 Å². The van der Waals surface area contributed by atoms with E-state index in [9.17, 15) is 0 Å². The van der Waals surface area contributed by atoms with Gasteiger partial charge < -0.3 is 14.8 Å². The molecule has 118 valence electrons. The summed E-state index contributed by atoms with van der Waals surface area (Å²) in [6.07, 6.45) is 3.80. The van der Waals surface area contributed by atoms with E-state index in [1.807, 2.05) is 13.8 Å². The van der Waals surface area contributed by atoms with E-state index < -0.39 is 0 Å². The van der Waals surface area contributed by atoms with Crippen LogP contribution in [0.4, 0.5) is 0 Å². The molecule has 1 N–H and O–H groups in total. The molecular formula is C18H29NO2. The highest BCUT2D eigenvalue weighted by Crippen LogP contribution is 2.37. The molecule has 0 amide bonds. The number of rotatable bonds is 9. The standard InChI is InChI=1S/C18H29NO2/c1-4-19-17(18(20-5-2)21-6-3)16-12-8-11-15(13-16)14-9-7-10-14/h8,11-14,17-19H,4-7,9-10H2,1-3H3. The van der Waals surface area contributed by atoms with E-state index in [0.29, 0.717) is 13.2 Å². The number of likely N-dealkylation sites (N-methyl/N-ethyl adjacent to an activating group) is 1. The summed E-state index contributed by atoms with van der Waals surface area (Å²) in [5, 5.41) is 3.52. The van der Waals surface area contributed by atoms with Crippen molar-refractivity contribution in [1.82, 2.24) is 5.32 Å². The van der Waals surface area contributed by atoms with Crippen molar-refractivity contribution in [2.75, 3.05) is 19.8 Å². The molecule has 2 rings (SSSR count). The summed E-state index contributed by atoms with van der Waals surface area (Å²) in [7, 11) is 0. The fourth-order valence-electron chi connectivity index (χ4n) is 2.91. The van der Waals surface area contributed by atoms with Crippen LogP contribution in [0, 0.1) is 0 Å². The average molecular weight is 291 g/mol. The smallest absolute Gasteiger partial charge is 0.176 e. The van der Waals surface area contributed by atoms with Gasteiger partial charge in [0.2, 0.25) is 0 Å². The normalized spacial score (nSPS) is 17.0. The van der Waals surface area contributed by atoms with Crippen molar-refractivity contribution in [3.05, 3.63) is 35.4 Å². The highest BCUT2D eigenvalue weighted by atomic mass is 16.7. The molecule has 0 radical (unpaired) electrons. The number of benzene rings is 1. The summed E-state index contributed by atoms with van der Waals surface area (Å²) in [4.78, 5) is 0. The van der Waals surface area contributed by atoms with Crippen LogP contribution >= 0.6 is 0 Å². The lowest BCUT2D eigenvalue weighted by molar-refractivity contribution is -0.155. The van der Waals surface area contributed by atoms with E-state index in [1.165, 1.54) is 30.4 Å². The molecule has 3 heteroatoms. The van der Waals surface area contributed by atoms with E-state index in [2.05, 4.69) is 36.5 Å². The Hall–Kier alpha value is -0.900. The van der Waals surface area contributed by atoms with Crippen molar-refractivity contribution >= 4 is 0 Å². The van der Waals surface area contributed by atoms with Crippen LogP contribution < -0.4 is 5.32 Å². The van der Waals surface area contributed by atoms with Crippen LogP contribution in [0.5, 0.6) is 0 Å². The predicted molar refractivity (Wildman–Crippen MR) is 86.5 cm³/mol. The molecule has 1 atom stereocenters. The Morgan fingerprint density at radius 3 is 2.38 bits per heavy atom. The fraction of sp³-hybridized carbons (Fsp3) is 0.667. The Morgan fingerprint density at radius 2 is 1.86 bits per heavy atom. The lowest BCUT2D eigenvalue weighted by Crippen LogP contribution is -2.36. The predicted octanol–water partition coefficient (Wildman–Crippen LogP) is 4.00. The Labute approximate surface area is 129 Å². The first-order valence-corrected chi connectivity index (χ1v) is 8.36. The summed E-state index contributed by atoms with van der Waals surface area (Å²) in [5.41, 5.74) is 2.74. The van der Waals surface area contributed by atoms with E-state index in [0.717, 1.165) is 12.5 Å². The first kappa shape index (κ1) is 16.5. The van der Waals surface area contributed by atoms with Gasteiger partial charge in [0.1, 0.15) is 0 Å². The summed E-state index contributed by atoms with van der Waals surface area (Å²) >= 11 is 0. The Kier molecular flexibility index (Phi) is 6.68. The van der Waals surface area contributed by atoms with Crippen LogP contribution in [0.3, 0.4) is 0 Å². The average Bonchev–Trinajstić information content (AvgIpc) is 2.43. The van der Waals surface area contributed by atoms with Gasteiger partial charge in [-0.1, -0.05) is 37.6 Å². The Bertz CT molecular complexity index is 411. The third-order valence-electron chi connectivity index (χ3n) is 4.20. The SMILES string of the molecule is CCNC(c1cccc(C2CCC2)c1)C(OCC)OCC. The van der Waals surface area contributed by atoms with Crippen LogP contribution in [0.2, 0.25) is 0 Å². The summed E-state index contributed by atoms with van der Waals surface area (Å²) in [5.74, 6) is 0.755. The Balaban J connectivity index is 2.18. The molecule has 1 fully saturated rings. The van der Waals surface area contributed by atoms with Crippen LogP contribution in [0.1, 0.15) is 63.1 Å². The third kappa shape index (κ3) is 4.29. The highest BCUT2D eigenvalue weighted by Gasteiger charge is 2.25. The summed E-state index contributed by atoms with van der Waals surface area (Å²) in [6, 6.07) is 9.03. The second-order valence-electron chi connectivity index (χ2n) is 5.61. The van der Waals surface area contributed by atoms with Crippen LogP contribution in [-0.4, -0.2) is 26.0 Å². The van der Waals surface area contributed by atoms with Crippen LogP contribution in [-0.2, 0) is 9.47 Å². The lowest BCUT2D eigenvalue weighted by atomic mass is 9.79. The van der Waals surface area contributed by atoms with Gasteiger partial charge in [-0.25, -0.2) is 0 Å². The quantitative estimate of drug-likeness (QED) is 0.697. The van der Waals surface area contributed by atoms with Gasteiger partial charge in [-0.15, -0.1) is 0 Å². The molecule has 0 aromatic heterocycles. The Morgan fingerprint density at radius 1 is 1.14 bits per heavy atom. The summed E-state index contributed by atoms with van der Waals surface area (Å²) in [6.45, 7) is 8.37. The van der Waals surface area contributed by atoms with Gasteiger partial charge in [0.25, 0.3) is 0 Å². The molecule has 21 heavy (non-hydrogen) atoms. The molecule has 1 aliphatic rings. The first-order valence-electron chi connectivity index (χ1n) is 8.36. The van der Waals surface area contributed by atoms with Gasteiger partial charge in [0.15, 0.2) is 6.29 Å². The molecule has 0 aliphatic heterocycles. The van der Waals surface area contributed by atoms with Crippen LogP contribution in [0.25, 0.3) is 0 Å². The van der Waals surface area contributed by atoms with Crippen molar-refractivity contribution in [3.8, 4) is 0 Å². The van der Waals surface area contributed by atoms with Crippen LogP contribution in [0.15, 0.2) is 24.3 Å². The van der Waals surface area contributed by atoms with E-state index >= 15 is 0 Å². The maximum absolute atomic E-state index is 5.81. The minimum Gasteiger partial charge on any atom is -0.351 e. The molecular weight excluding hydrogens is 262 g/mol. The lowest BCUT2D eigenvalue weighted by Gasteiger charge is -2.30. The first-order chi connectivity index (χ1) is 10.3. The van der Waals surface area contributed by atoms with Crippen molar-refractivity contribution in [1.29, 1.82) is 0 Å². The number of ether oxygens (including phenoxy) is 2. The molecule has 1 aromatic carbocycles. The van der Waals surface area contributed by atoms with Crippen molar-refractivity contribution in [2.24, 2.45) is 0 Å². The zero-order valence-corrected chi connectivity index (χ0v) is 13.6. The van der Waals surface area contributed by atoms with Crippen molar-refractivity contribution in [2.45, 2.75) is 58.3 Å². The van der Waals surface area contributed by atoms with Gasteiger partial charge in [-0.3, -0.25) is 0 Å². The second-order valence-corrected chi connectivity index (χ2v) is 5.61. The molecule has 0 spiro atoms. The van der Waals surface area contributed by atoms with Gasteiger partial charge in [-0.05, 0) is 50.3 Å². The molecule has 3 nitrogen and oxygen atoms in total. The number of hydrogen-bond acceptors (Lipinski definition) is 3. The minimum absolute atomic E-state index is 0.0925. The zero-order valence-electron chi connectivity index (χ0n) is 13.6. The highest BCUT2D eigenvalue weighted by molar-refractivity contribution is 5.30. The molecule has 0 saturated heterocycles.